The number of nitrogens with one attached hydrogen (secondary N) is 1. The Morgan fingerprint density at radius 2 is 1.87 bits per heavy atom. The third kappa shape index (κ3) is 2.60. The van der Waals surface area contributed by atoms with Gasteiger partial charge in [0.1, 0.15) is 0 Å². The van der Waals surface area contributed by atoms with E-state index in [-0.39, 0.29) is 5.41 Å². The summed E-state index contributed by atoms with van der Waals surface area (Å²) in [4.78, 5) is 0. The fourth-order valence-electron chi connectivity index (χ4n) is 1.98. The molecule has 1 N–H and O–H groups in total. The molecule has 0 saturated heterocycles. The van der Waals surface area contributed by atoms with E-state index in [9.17, 15) is 0 Å². The SMILES string of the molecule is CC1CC1NCC(C)(C)c1ccccc1. The highest BCUT2D eigenvalue weighted by molar-refractivity contribution is 5.24. The van der Waals surface area contributed by atoms with Gasteiger partial charge >= 0.3 is 0 Å². The first kappa shape index (κ1) is 10.7. The molecule has 1 fully saturated rings. The molecule has 0 radical (unpaired) electrons. The van der Waals surface area contributed by atoms with Crippen LogP contribution in [0.15, 0.2) is 30.3 Å². The Hall–Kier alpha value is -0.820. The molecule has 82 valence electrons. The summed E-state index contributed by atoms with van der Waals surface area (Å²) in [6, 6.07) is 11.5. The molecule has 1 nitrogen and oxygen atoms in total. The fraction of sp³-hybridized carbons (Fsp3) is 0.571. The summed E-state index contributed by atoms with van der Waals surface area (Å²) in [6.45, 7) is 8.00. The van der Waals surface area contributed by atoms with Gasteiger partial charge in [-0.1, -0.05) is 51.1 Å². The zero-order valence-corrected chi connectivity index (χ0v) is 9.96. The van der Waals surface area contributed by atoms with Crippen LogP contribution in [0.25, 0.3) is 0 Å². The smallest absolute Gasteiger partial charge is 0.00967 e. The first-order valence-electron chi connectivity index (χ1n) is 5.88. The van der Waals surface area contributed by atoms with Crippen molar-refractivity contribution in [2.24, 2.45) is 5.92 Å². The highest BCUT2D eigenvalue weighted by Crippen LogP contribution is 2.30. The molecule has 1 aromatic carbocycles. The van der Waals surface area contributed by atoms with Gasteiger partial charge in [0.2, 0.25) is 0 Å². The molecule has 2 atom stereocenters. The van der Waals surface area contributed by atoms with Gasteiger partial charge in [0.05, 0.1) is 0 Å². The zero-order valence-electron chi connectivity index (χ0n) is 9.96. The van der Waals surface area contributed by atoms with E-state index in [4.69, 9.17) is 0 Å². The first-order valence-corrected chi connectivity index (χ1v) is 5.88. The van der Waals surface area contributed by atoms with Gasteiger partial charge in [0.25, 0.3) is 0 Å². The molecule has 0 amide bonds. The second-order valence-electron chi connectivity index (χ2n) is 5.45. The van der Waals surface area contributed by atoms with Crippen LogP contribution in [0.5, 0.6) is 0 Å². The molecule has 0 aromatic heterocycles. The van der Waals surface area contributed by atoms with Crippen molar-refractivity contribution in [1.82, 2.24) is 5.32 Å². The Morgan fingerprint density at radius 3 is 2.40 bits per heavy atom. The third-order valence-electron chi connectivity index (χ3n) is 3.47. The van der Waals surface area contributed by atoms with E-state index in [0.717, 1.165) is 18.5 Å². The van der Waals surface area contributed by atoms with Crippen LogP contribution < -0.4 is 5.32 Å². The Labute approximate surface area is 92.9 Å². The highest BCUT2D eigenvalue weighted by Gasteiger charge is 2.33. The molecule has 15 heavy (non-hydrogen) atoms. The van der Waals surface area contributed by atoms with Gasteiger partial charge in [-0.05, 0) is 17.9 Å². The maximum atomic E-state index is 3.65. The highest BCUT2D eigenvalue weighted by atomic mass is 15.0. The third-order valence-corrected chi connectivity index (χ3v) is 3.47. The lowest BCUT2D eigenvalue weighted by molar-refractivity contribution is 0.461. The van der Waals surface area contributed by atoms with Crippen molar-refractivity contribution in [2.75, 3.05) is 6.54 Å². The van der Waals surface area contributed by atoms with Crippen LogP contribution >= 0.6 is 0 Å². The van der Waals surface area contributed by atoms with Gasteiger partial charge in [-0.2, -0.15) is 0 Å². The van der Waals surface area contributed by atoms with Gasteiger partial charge in [-0.25, -0.2) is 0 Å². The predicted molar refractivity (Wildman–Crippen MR) is 65.0 cm³/mol. The molecular weight excluding hydrogens is 182 g/mol. The number of hydrogen-bond acceptors (Lipinski definition) is 1. The standard InChI is InChI=1S/C14H21N/c1-11-9-13(11)15-10-14(2,3)12-7-5-4-6-8-12/h4-8,11,13,15H,9-10H2,1-3H3. The Balaban J connectivity index is 1.94. The van der Waals surface area contributed by atoms with Crippen LogP contribution in [0.3, 0.4) is 0 Å². The molecule has 1 aromatic rings. The van der Waals surface area contributed by atoms with E-state index < -0.39 is 0 Å². The summed E-state index contributed by atoms with van der Waals surface area (Å²) in [5.74, 6) is 0.886. The van der Waals surface area contributed by atoms with Gasteiger partial charge in [-0.3, -0.25) is 0 Å². The quantitative estimate of drug-likeness (QED) is 0.793. The van der Waals surface area contributed by atoms with Crippen LogP contribution in [0.1, 0.15) is 32.8 Å². The second-order valence-corrected chi connectivity index (χ2v) is 5.45. The lowest BCUT2D eigenvalue weighted by Crippen LogP contribution is -2.34. The minimum Gasteiger partial charge on any atom is -0.313 e. The number of rotatable bonds is 4. The van der Waals surface area contributed by atoms with Crippen molar-refractivity contribution >= 4 is 0 Å². The van der Waals surface area contributed by atoms with E-state index in [1.54, 1.807) is 0 Å². The van der Waals surface area contributed by atoms with E-state index in [2.05, 4.69) is 56.4 Å². The van der Waals surface area contributed by atoms with Gasteiger partial charge in [0, 0.05) is 18.0 Å². The molecule has 1 aliphatic rings. The van der Waals surface area contributed by atoms with E-state index in [0.29, 0.717) is 0 Å². The van der Waals surface area contributed by atoms with E-state index in [1.807, 2.05) is 0 Å². The topological polar surface area (TPSA) is 12.0 Å². The van der Waals surface area contributed by atoms with Crippen molar-refractivity contribution in [3.63, 3.8) is 0 Å². The molecule has 1 saturated carbocycles. The van der Waals surface area contributed by atoms with Crippen molar-refractivity contribution < 1.29 is 0 Å². The van der Waals surface area contributed by atoms with Gasteiger partial charge in [-0.15, -0.1) is 0 Å². The minimum absolute atomic E-state index is 0.240. The van der Waals surface area contributed by atoms with Crippen LogP contribution in [-0.2, 0) is 5.41 Å². The molecule has 2 rings (SSSR count). The molecule has 1 aliphatic carbocycles. The number of benzene rings is 1. The molecule has 2 unspecified atom stereocenters. The van der Waals surface area contributed by atoms with Crippen LogP contribution in [0.2, 0.25) is 0 Å². The average Bonchev–Trinajstić information content (AvgIpc) is 2.93. The second kappa shape index (κ2) is 3.97. The summed E-state index contributed by atoms with van der Waals surface area (Å²) in [5, 5.41) is 3.65. The predicted octanol–water partition coefficient (Wildman–Crippen LogP) is 2.96. The molecular formula is C14H21N. The van der Waals surface area contributed by atoms with Crippen LogP contribution in [0.4, 0.5) is 0 Å². The summed E-state index contributed by atoms with van der Waals surface area (Å²) in [5.41, 5.74) is 1.66. The molecule has 1 heteroatoms. The van der Waals surface area contributed by atoms with Gasteiger partial charge in [0.15, 0.2) is 0 Å². The summed E-state index contributed by atoms with van der Waals surface area (Å²) < 4.78 is 0. The van der Waals surface area contributed by atoms with E-state index in [1.165, 1.54) is 12.0 Å². The monoisotopic (exact) mass is 203 g/mol. The Morgan fingerprint density at radius 1 is 1.27 bits per heavy atom. The zero-order chi connectivity index (χ0) is 10.9. The fourth-order valence-corrected chi connectivity index (χ4v) is 1.98. The Kier molecular flexibility index (Phi) is 2.83. The minimum atomic E-state index is 0.240. The molecule has 0 spiro atoms. The largest absolute Gasteiger partial charge is 0.313 e. The maximum absolute atomic E-state index is 3.65. The average molecular weight is 203 g/mol. The molecule has 0 bridgehead atoms. The number of hydrogen-bond donors (Lipinski definition) is 1. The van der Waals surface area contributed by atoms with Crippen LogP contribution in [-0.4, -0.2) is 12.6 Å². The summed E-state index contributed by atoms with van der Waals surface area (Å²) >= 11 is 0. The van der Waals surface area contributed by atoms with Crippen LogP contribution in [0, 0.1) is 5.92 Å². The molecule has 0 aliphatic heterocycles. The maximum Gasteiger partial charge on any atom is 0.00967 e. The van der Waals surface area contributed by atoms with Crippen molar-refractivity contribution in [2.45, 2.75) is 38.6 Å². The van der Waals surface area contributed by atoms with E-state index >= 15 is 0 Å². The van der Waals surface area contributed by atoms with Crippen molar-refractivity contribution in [3.8, 4) is 0 Å². The van der Waals surface area contributed by atoms with Crippen molar-refractivity contribution in [3.05, 3.63) is 35.9 Å². The lowest BCUT2D eigenvalue weighted by atomic mass is 9.84. The summed E-state index contributed by atoms with van der Waals surface area (Å²) in [7, 11) is 0. The lowest BCUT2D eigenvalue weighted by Gasteiger charge is -2.25. The normalized spacial score (nSPS) is 25.3. The van der Waals surface area contributed by atoms with Gasteiger partial charge < -0.3 is 5.32 Å². The molecule has 0 heterocycles. The van der Waals surface area contributed by atoms with Crippen molar-refractivity contribution in [1.29, 1.82) is 0 Å². The Bertz CT molecular complexity index is 315. The first-order chi connectivity index (χ1) is 7.09. The summed E-state index contributed by atoms with van der Waals surface area (Å²) in [6.07, 6.45) is 1.35.